The van der Waals surface area contributed by atoms with Crippen LogP contribution in [0.3, 0.4) is 0 Å². The van der Waals surface area contributed by atoms with E-state index in [-0.39, 0.29) is 11.4 Å². The van der Waals surface area contributed by atoms with Crippen molar-refractivity contribution in [2.45, 2.75) is 13.8 Å². The van der Waals surface area contributed by atoms with E-state index in [1.165, 1.54) is 6.07 Å². The average Bonchev–Trinajstić information content (AvgIpc) is 2.45. The van der Waals surface area contributed by atoms with E-state index in [1.54, 1.807) is 44.2 Å². The number of rotatable bonds is 1. The Hall–Kier alpha value is -2.47. The molecule has 3 heteroatoms. The van der Waals surface area contributed by atoms with Crippen molar-refractivity contribution in [3.8, 4) is 12.3 Å². The minimum Gasteiger partial charge on any atom is -0.298 e. The molecule has 2 aromatic carbocycles. The van der Waals surface area contributed by atoms with Gasteiger partial charge in [0.2, 0.25) is 0 Å². The Labute approximate surface area is 117 Å². The Morgan fingerprint density at radius 2 is 1.55 bits per heavy atom. The molecule has 1 nitrogen and oxygen atoms in total. The van der Waals surface area contributed by atoms with Gasteiger partial charge in [-0.2, -0.15) is 0 Å². The molecule has 20 heavy (non-hydrogen) atoms. The molecule has 0 amide bonds. The van der Waals surface area contributed by atoms with E-state index >= 15 is 0 Å². The van der Waals surface area contributed by atoms with Crippen LogP contribution < -0.4 is 0 Å². The van der Waals surface area contributed by atoms with Crippen LogP contribution in [0.25, 0.3) is 0 Å². The fourth-order valence-electron chi connectivity index (χ4n) is 1.52. The molecule has 0 unspecified atom stereocenters. The summed E-state index contributed by atoms with van der Waals surface area (Å²) >= 11 is 0. The third kappa shape index (κ3) is 3.76. The Morgan fingerprint density at radius 1 is 1.00 bits per heavy atom. The molecule has 0 radical (unpaired) electrons. The van der Waals surface area contributed by atoms with Gasteiger partial charge in [0, 0.05) is 0 Å². The second kappa shape index (κ2) is 7.20. The van der Waals surface area contributed by atoms with Gasteiger partial charge in [0.1, 0.15) is 11.6 Å². The molecule has 0 bridgehead atoms. The van der Waals surface area contributed by atoms with Gasteiger partial charge in [0.05, 0.1) is 11.1 Å². The zero-order valence-corrected chi connectivity index (χ0v) is 11.3. The normalized spacial score (nSPS) is 9.15. The standard InChI is InChI=1S/C9H7F.C8H7FO/c1-3-8-6-4-5-7(2)9(8)10;1-6-3-2-4-7(5-10)8(6)9/h1,4-6H,2H3;2-5H,1H3. The van der Waals surface area contributed by atoms with Gasteiger partial charge in [0.25, 0.3) is 0 Å². The van der Waals surface area contributed by atoms with Crippen molar-refractivity contribution in [1.82, 2.24) is 0 Å². The smallest absolute Gasteiger partial charge is 0.153 e. The monoisotopic (exact) mass is 272 g/mol. The number of aryl methyl sites for hydroxylation is 2. The lowest BCUT2D eigenvalue weighted by atomic mass is 10.1. The van der Waals surface area contributed by atoms with E-state index in [0.29, 0.717) is 23.0 Å². The highest BCUT2D eigenvalue weighted by atomic mass is 19.1. The third-order valence-electron chi connectivity index (χ3n) is 2.70. The van der Waals surface area contributed by atoms with Gasteiger partial charge in [0.15, 0.2) is 6.29 Å². The molecule has 0 fully saturated rings. The molecule has 0 atom stereocenters. The maximum absolute atomic E-state index is 12.9. The molecule has 0 saturated heterocycles. The molecule has 2 rings (SSSR count). The zero-order chi connectivity index (χ0) is 15.1. The number of carbonyl (C=O) groups is 1. The van der Waals surface area contributed by atoms with Crippen LogP contribution in [0.15, 0.2) is 36.4 Å². The Morgan fingerprint density at radius 3 is 2.00 bits per heavy atom. The van der Waals surface area contributed by atoms with E-state index in [4.69, 9.17) is 6.42 Å². The van der Waals surface area contributed by atoms with Crippen molar-refractivity contribution in [3.05, 3.63) is 70.3 Å². The number of hydrogen-bond donors (Lipinski definition) is 0. The van der Waals surface area contributed by atoms with Gasteiger partial charge in [-0.25, -0.2) is 8.78 Å². The Balaban J connectivity index is 0.000000200. The van der Waals surface area contributed by atoms with Crippen LogP contribution in [0, 0.1) is 37.8 Å². The van der Waals surface area contributed by atoms with Crippen molar-refractivity contribution in [1.29, 1.82) is 0 Å². The predicted molar refractivity (Wildman–Crippen MR) is 75.6 cm³/mol. The van der Waals surface area contributed by atoms with Gasteiger partial charge in [-0.05, 0) is 37.1 Å². The predicted octanol–water partition coefficient (Wildman–Crippen LogP) is 4.06. The number of benzene rings is 2. The molecule has 0 spiro atoms. The van der Waals surface area contributed by atoms with Crippen molar-refractivity contribution in [3.63, 3.8) is 0 Å². The zero-order valence-electron chi connectivity index (χ0n) is 11.3. The van der Waals surface area contributed by atoms with Gasteiger partial charge in [-0.1, -0.05) is 30.2 Å². The molecule has 0 N–H and O–H groups in total. The van der Waals surface area contributed by atoms with Crippen LogP contribution in [0.4, 0.5) is 8.78 Å². The average molecular weight is 272 g/mol. The van der Waals surface area contributed by atoms with Crippen LogP contribution >= 0.6 is 0 Å². The number of terminal acetylenes is 1. The van der Waals surface area contributed by atoms with Crippen LogP contribution in [0.1, 0.15) is 27.0 Å². The third-order valence-corrected chi connectivity index (χ3v) is 2.70. The molecule has 0 aliphatic heterocycles. The molecule has 0 aromatic heterocycles. The molecule has 0 saturated carbocycles. The van der Waals surface area contributed by atoms with Gasteiger partial charge < -0.3 is 0 Å². The van der Waals surface area contributed by atoms with E-state index in [1.807, 2.05) is 0 Å². The number of hydrogen-bond acceptors (Lipinski definition) is 1. The first kappa shape index (κ1) is 15.6. The quantitative estimate of drug-likeness (QED) is 0.565. The summed E-state index contributed by atoms with van der Waals surface area (Å²) in [5, 5.41) is 0. The lowest BCUT2D eigenvalue weighted by molar-refractivity contribution is 0.111. The Bertz CT molecular complexity index is 655. The molecular weight excluding hydrogens is 258 g/mol. The minimum absolute atomic E-state index is 0.125. The summed E-state index contributed by atoms with van der Waals surface area (Å²) < 4.78 is 25.6. The fraction of sp³-hybridized carbons (Fsp3) is 0.118. The molecule has 102 valence electrons. The lowest BCUT2D eigenvalue weighted by Gasteiger charge is -1.96. The molecule has 0 heterocycles. The number of aldehydes is 1. The molecule has 0 aliphatic carbocycles. The number of halogens is 2. The number of carbonyl (C=O) groups excluding carboxylic acids is 1. The Kier molecular flexibility index (Phi) is 5.61. The lowest BCUT2D eigenvalue weighted by Crippen LogP contribution is -1.89. The van der Waals surface area contributed by atoms with Crippen LogP contribution in [0.5, 0.6) is 0 Å². The maximum atomic E-state index is 12.9. The highest BCUT2D eigenvalue weighted by Crippen LogP contribution is 2.10. The first-order chi connectivity index (χ1) is 9.51. The summed E-state index contributed by atoms with van der Waals surface area (Å²) in [6.07, 6.45) is 5.55. The second-order valence-corrected chi connectivity index (χ2v) is 4.18. The van der Waals surface area contributed by atoms with Crippen molar-refractivity contribution in [2.24, 2.45) is 0 Å². The SMILES string of the molecule is C#Cc1cccc(C)c1F.Cc1cccc(C=O)c1F. The highest BCUT2D eigenvalue weighted by molar-refractivity contribution is 5.75. The minimum atomic E-state index is -0.419. The first-order valence-corrected chi connectivity index (χ1v) is 5.93. The van der Waals surface area contributed by atoms with E-state index in [9.17, 15) is 13.6 Å². The summed E-state index contributed by atoms with van der Waals surface area (Å²) in [6.45, 7) is 3.32. The van der Waals surface area contributed by atoms with E-state index in [2.05, 4.69) is 5.92 Å². The van der Waals surface area contributed by atoms with Crippen molar-refractivity contribution >= 4 is 6.29 Å². The highest BCUT2D eigenvalue weighted by Gasteiger charge is 2.01. The van der Waals surface area contributed by atoms with Gasteiger partial charge in [-0.15, -0.1) is 6.42 Å². The largest absolute Gasteiger partial charge is 0.298 e. The van der Waals surface area contributed by atoms with E-state index < -0.39 is 5.82 Å². The van der Waals surface area contributed by atoms with Crippen LogP contribution in [-0.2, 0) is 0 Å². The summed E-state index contributed by atoms with van der Waals surface area (Å²) in [4.78, 5) is 10.1. The van der Waals surface area contributed by atoms with Gasteiger partial charge in [-0.3, -0.25) is 4.79 Å². The van der Waals surface area contributed by atoms with Crippen molar-refractivity contribution < 1.29 is 13.6 Å². The topological polar surface area (TPSA) is 17.1 Å². The summed E-state index contributed by atoms with van der Waals surface area (Å²) in [7, 11) is 0. The van der Waals surface area contributed by atoms with Crippen LogP contribution in [0.2, 0.25) is 0 Å². The summed E-state index contributed by atoms with van der Waals surface area (Å²) in [6, 6.07) is 9.76. The van der Waals surface area contributed by atoms with E-state index in [0.717, 1.165) is 0 Å². The van der Waals surface area contributed by atoms with Gasteiger partial charge >= 0.3 is 0 Å². The summed E-state index contributed by atoms with van der Waals surface area (Å²) in [5.41, 5.74) is 1.56. The fourth-order valence-corrected chi connectivity index (χ4v) is 1.52. The maximum Gasteiger partial charge on any atom is 0.153 e. The summed E-state index contributed by atoms with van der Waals surface area (Å²) in [5.74, 6) is 1.56. The second-order valence-electron chi connectivity index (χ2n) is 4.18. The molecule has 2 aromatic rings. The molecule has 0 aliphatic rings. The van der Waals surface area contributed by atoms with Crippen molar-refractivity contribution in [2.75, 3.05) is 0 Å². The first-order valence-electron chi connectivity index (χ1n) is 5.93. The van der Waals surface area contributed by atoms with Crippen LogP contribution in [-0.4, -0.2) is 6.29 Å². The molecular formula is C17H14F2O.